The van der Waals surface area contributed by atoms with Crippen LogP contribution >= 0.6 is 11.3 Å². The van der Waals surface area contributed by atoms with Gasteiger partial charge in [0.2, 0.25) is 5.91 Å². The van der Waals surface area contributed by atoms with Crippen molar-refractivity contribution in [1.82, 2.24) is 30.1 Å². The van der Waals surface area contributed by atoms with Gasteiger partial charge in [0.25, 0.3) is 0 Å². The number of hydrogen-bond donors (Lipinski definition) is 3. The third kappa shape index (κ3) is 4.18. The highest BCUT2D eigenvalue weighted by atomic mass is 32.1. The van der Waals surface area contributed by atoms with Crippen molar-refractivity contribution in [2.75, 3.05) is 5.32 Å². The Balaban J connectivity index is 1.25. The van der Waals surface area contributed by atoms with E-state index in [9.17, 15) is 9.59 Å². The lowest BCUT2D eigenvalue weighted by Gasteiger charge is -2.24. The molecule has 1 saturated carbocycles. The topological polar surface area (TPSA) is 129 Å². The van der Waals surface area contributed by atoms with E-state index in [1.807, 2.05) is 36.4 Å². The molecule has 3 N–H and O–H groups in total. The maximum Gasteiger partial charge on any atom is 0.227 e. The Bertz CT molecular complexity index is 1900. The number of hydrogen-bond acceptors (Lipinski definition) is 7. The maximum absolute atomic E-state index is 12.4. The summed E-state index contributed by atoms with van der Waals surface area (Å²) in [5.41, 5.74) is 6.34. The van der Waals surface area contributed by atoms with E-state index in [1.54, 1.807) is 31.7 Å². The number of aromatic amines is 2. The van der Waals surface area contributed by atoms with Crippen LogP contribution in [0.2, 0.25) is 0 Å². The van der Waals surface area contributed by atoms with Gasteiger partial charge in [-0.3, -0.25) is 29.6 Å². The third-order valence-electron chi connectivity index (χ3n) is 7.21. The average Bonchev–Trinajstić information content (AvgIpc) is 3.65. The monoisotopic (exact) mass is 533 g/mol. The highest BCUT2D eigenvalue weighted by Gasteiger charge is 2.25. The molecule has 1 amide bonds. The van der Waals surface area contributed by atoms with Crippen molar-refractivity contribution in [2.24, 2.45) is 5.92 Å². The normalized spacial score (nSPS) is 13.6. The molecule has 9 nitrogen and oxygen atoms in total. The van der Waals surface area contributed by atoms with E-state index in [4.69, 9.17) is 0 Å². The molecule has 0 aliphatic heterocycles. The first-order chi connectivity index (χ1) is 19.0. The molecule has 10 heteroatoms. The molecule has 1 aliphatic carbocycles. The molecule has 0 aromatic carbocycles. The lowest BCUT2D eigenvalue weighted by atomic mass is 9.85. The second kappa shape index (κ2) is 9.25. The summed E-state index contributed by atoms with van der Waals surface area (Å²) in [7, 11) is 0. The number of carbonyl (C=O) groups is 2. The van der Waals surface area contributed by atoms with E-state index in [2.05, 4.69) is 35.5 Å². The SMILES string of the molecule is CC(=O)c1ccc(-c2nccc3[nH]c(-c4n[nH]c5cnc(-c6cncc(NC(=O)C7CCC7)c6)cc45)cc23)s1. The molecule has 39 heavy (non-hydrogen) atoms. The number of nitrogens with one attached hydrogen (secondary N) is 3. The first-order valence-electron chi connectivity index (χ1n) is 12.7. The number of Topliss-reactive ketones (excluding diaryl/α,β-unsaturated/α-hetero) is 1. The second-order valence-electron chi connectivity index (χ2n) is 9.79. The number of ketones is 1. The van der Waals surface area contributed by atoms with Crippen LogP contribution in [0.15, 0.2) is 61.2 Å². The Morgan fingerprint density at radius 1 is 0.974 bits per heavy atom. The Kier molecular flexibility index (Phi) is 5.55. The van der Waals surface area contributed by atoms with Crippen molar-refractivity contribution in [3.8, 4) is 33.2 Å². The second-order valence-corrected chi connectivity index (χ2v) is 10.9. The fraction of sp³-hybridized carbons (Fsp3) is 0.172. The van der Waals surface area contributed by atoms with Gasteiger partial charge in [0, 0.05) is 40.2 Å². The fourth-order valence-electron chi connectivity index (χ4n) is 4.88. The number of H-pyrrole nitrogens is 2. The van der Waals surface area contributed by atoms with Crippen LogP contribution < -0.4 is 5.32 Å². The summed E-state index contributed by atoms with van der Waals surface area (Å²) in [6.07, 6.45) is 9.91. The Hall–Kier alpha value is -4.70. The minimum absolute atomic E-state index is 0.0436. The zero-order valence-electron chi connectivity index (χ0n) is 21.0. The number of nitrogens with zero attached hydrogens (tertiary/aromatic N) is 4. The number of thiophene rings is 1. The van der Waals surface area contributed by atoms with E-state index >= 15 is 0 Å². The van der Waals surface area contributed by atoms with Gasteiger partial charge in [0.05, 0.1) is 50.4 Å². The molecule has 0 saturated heterocycles. The molecular weight excluding hydrogens is 510 g/mol. The molecule has 7 rings (SSSR count). The Morgan fingerprint density at radius 2 is 1.85 bits per heavy atom. The first-order valence-corrected chi connectivity index (χ1v) is 13.5. The molecule has 1 aliphatic rings. The molecule has 1 fully saturated rings. The van der Waals surface area contributed by atoms with Gasteiger partial charge >= 0.3 is 0 Å². The van der Waals surface area contributed by atoms with Crippen LogP contribution in [0.4, 0.5) is 5.69 Å². The molecule has 6 aromatic heterocycles. The van der Waals surface area contributed by atoms with Gasteiger partial charge in [-0.15, -0.1) is 11.3 Å². The van der Waals surface area contributed by atoms with E-state index in [-0.39, 0.29) is 17.6 Å². The first kappa shape index (κ1) is 23.4. The van der Waals surface area contributed by atoms with Gasteiger partial charge in [0.1, 0.15) is 5.69 Å². The number of pyridine rings is 3. The molecule has 0 unspecified atom stereocenters. The van der Waals surface area contributed by atoms with Gasteiger partial charge in [-0.05, 0) is 56.2 Å². The van der Waals surface area contributed by atoms with Crippen LogP contribution in [0.5, 0.6) is 0 Å². The van der Waals surface area contributed by atoms with Gasteiger partial charge < -0.3 is 10.3 Å². The molecule has 0 spiro atoms. The van der Waals surface area contributed by atoms with Crippen molar-refractivity contribution in [1.29, 1.82) is 0 Å². The highest BCUT2D eigenvalue weighted by molar-refractivity contribution is 7.17. The summed E-state index contributed by atoms with van der Waals surface area (Å²) in [4.78, 5) is 42.9. The number of aromatic nitrogens is 6. The fourth-order valence-corrected chi connectivity index (χ4v) is 5.79. The molecular formula is C29H23N7O2S. The Labute approximate surface area is 226 Å². The summed E-state index contributed by atoms with van der Waals surface area (Å²) in [6.45, 7) is 1.57. The highest BCUT2D eigenvalue weighted by Crippen LogP contribution is 2.36. The smallest absolute Gasteiger partial charge is 0.227 e. The molecule has 192 valence electrons. The van der Waals surface area contributed by atoms with Crippen LogP contribution in [0.1, 0.15) is 35.9 Å². The van der Waals surface area contributed by atoms with Crippen molar-refractivity contribution < 1.29 is 9.59 Å². The van der Waals surface area contributed by atoms with Crippen LogP contribution in [-0.4, -0.2) is 41.8 Å². The Morgan fingerprint density at radius 3 is 2.64 bits per heavy atom. The summed E-state index contributed by atoms with van der Waals surface area (Å²) in [5, 5.41) is 12.5. The van der Waals surface area contributed by atoms with Crippen LogP contribution in [0.3, 0.4) is 0 Å². The predicted molar refractivity (Wildman–Crippen MR) is 151 cm³/mol. The number of amides is 1. The quantitative estimate of drug-likeness (QED) is 0.218. The molecule has 6 heterocycles. The zero-order valence-corrected chi connectivity index (χ0v) is 21.8. The van der Waals surface area contributed by atoms with Crippen molar-refractivity contribution in [3.63, 3.8) is 0 Å². The number of rotatable bonds is 6. The minimum atomic E-state index is 0.0436. The third-order valence-corrected chi connectivity index (χ3v) is 8.41. The minimum Gasteiger partial charge on any atom is -0.353 e. The number of anilines is 1. The number of carbonyl (C=O) groups excluding carboxylic acids is 2. The number of fused-ring (bicyclic) bond motifs is 2. The van der Waals surface area contributed by atoms with Crippen molar-refractivity contribution in [3.05, 3.63) is 66.1 Å². The largest absolute Gasteiger partial charge is 0.353 e. The van der Waals surface area contributed by atoms with E-state index < -0.39 is 0 Å². The summed E-state index contributed by atoms with van der Waals surface area (Å²) >= 11 is 1.44. The standard InChI is InChI=1S/C29H23N7O2S/c1-15(37)25-5-6-26(39-25)28-19-11-23(34-21(19)7-8-31-28)27-20-10-22(32-14-24(20)35-36-27)17-9-18(13-30-12-17)33-29(38)16-3-2-4-16/h5-14,16,34H,2-4H2,1H3,(H,33,38)(H,35,36). The molecule has 0 bridgehead atoms. The van der Waals surface area contributed by atoms with Gasteiger partial charge in [-0.25, -0.2) is 0 Å². The summed E-state index contributed by atoms with van der Waals surface area (Å²) < 4.78 is 0. The van der Waals surface area contributed by atoms with E-state index in [1.165, 1.54) is 11.3 Å². The molecule has 6 aromatic rings. The van der Waals surface area contributed by atoms with Crippen molar-refractivity contribution in [2.45, 2.75) is 26.2 Å². The maximum atomic E-state index is 12.4. The van der Waals surface area contributed by atoms with E-state index in [0.717, 1.165) is 74.3 Å². The molecule has 0 radical (unpaired) electrons. The summed E-state index contributed by atoms with van der Waals surface area (Å²) in [6, 6.07) is 11.6. The van der Waals surface area contributed by atoms with E-state index in [0.29, 0.717) is 10.6 Å². The van der Waals surface area contributed by atoms with Crippen LogP contribution in [0, 0.1) is 5.92 Å². The summed E-state index contributed by atoms with van der Waals surface area (Å²) in [5.74, 6) is 0.190. The van der Waals surface area contributed by atoms with Gasteiger partial charge in [-0.1, -0.05) is 6.42 Å². The van der Waals surface area contributed by atoms with Crippen molar-refractivity contribution >= 4 is 50.5 Å². The van der Waals surface area contributed by atoms with Crippen LogP contribution in [-0.2, 0) is 4.79 Å². The van der Waals surface area contributed by atoms with Gasteiger partial charge in [0.15, 0.2) is 5.78 Å². The average molecular weight is 534 g/mol. The zero-order chi connectivity index (χ0) is 26.5. The predicted octanol–water partition coefficient (Wildman–Crippen LogP) is 6.23. The van der Waals surface area contributed by atoms with Gasteiger partial charge in [-0.2, -0.15) is 5.10 Å². The lowest BCUT2D eigenvalue weighted by molar-refractivity contribution is -0.122. The lowest BCUT2D eigenvalue weighted by Crippen LogP contribution is -2.28. The molecule has 0 atom stereocenters. The van der Waals surface area contributed by atoms with Crippen LogP contribution in [0.25, 0.3) is 55.0 Å².